The molecular weight excluding hydrogens is 954 g/mol. The van der Waals surface area contributed by atoms with Gasteiger partial charge in [-0.3, -0.25) is 28.6 Å². The molecular formula is C53H56ClN11O4S2. The predicted octanol–water partition coefficient (Wildman–Crippen LogP) is 8.53. The third-order valence-corrected chi connectivity index (χ3v) is 16.4. The van der Waals surface area contributed by atoms with Gasteiger partial charge in [0, 0.05) is 64.5 Å². The third kappa shape index (κ3) is 9.43. The lowest BCUT2D eigenvalue weighted by molar-refractivity contribution is -0.142. The van der Waals surface area contributed by atoms with Gasteiger partial charge in [-0.1, -0.05) is 74.0 Å². The maximum absolute atomic E-state index is 14.5. The zero-order chi connectivity index (χ0) is 49.8. The molecule has 7 aromatic rings. The van der Waals surface area contributed by atoms with E-state index in [1.165, 1.54) is 9.78 Å². The summed E-state index contributed by atoms with van der Waals surface area (Å²) in [6.45, 7) is 15.3. The lowest BCUT2D eigenvalue weighted by Gasteiger charge is -2.41. The van der Waals surface area contributed by atoms with Gasteiger partial charge in [0.05, 0.1) is 52.6 Å². The van der Waals surface area contributed by atoms with Crippen molar-refractivity contribution in [3.63, 3.8) is 0 Å². The van der Waals surface area contributed by atoms with Crippen LogP contribution < -0.4 is 15.5 Å². The zero-order valence-electron chi connectivity index (χ0n) is 40.6. The molecule has 0 spiro atoms. The van der Waals surface area contributed by atoms with E-state index in [9.17, 15) is 19.5 Å². The average molecular weight is 1010 g/mol. The van der Waals surface area contributed by atoms with Crippen LogP contribution in [0.4, 0.5) is 5.69 Å². The molecule has 18 heteroatoms. The van der Waals surface area contributed by atoms with Gasteiger partial charge in [-0.25, -0.2) is 4.98 Å². The van der Waals surface area contributed by atoms with Gasteiger partial charge >= 0.3 is 0 Å². The minimum atomic E-state index is -0.829. The number of amides is 3. The van der Waals surface area contributed by atoms with Crippen molar-refractivity contribution in [2.75, 3.05) is 24.5 Å². The molecule has 3 aromatic carbocycles. The molecule has 10 rings (SSSR count). The second-order valence-corrected chi connectivity index (χ2v) is 21.7. The number of β-amino-alcohol motifs (C(OH)–C–C–N with tert-alkyl or cyclic N) is 1. The van der Waals surface area contributed by atoms with E-state index in [1.54, 1.807) is 33.6 Å². The van der Waals surface area contributed by atoms with Crippen LogP contribution in [0.1, 0.15) is 96.2 Å². The third-order valence-electron chi connectivity index (χ3n) is 13.9. The maximum atomic E-state index is 14.5. The number of hydrogen-bond donors (Lipinski definition) is 3. The van der Waals surface area contributed by atoms with Crippen LogP contribution in [0.25, 0.3) is 26.6 Å². The summed E-state index contributed by atoms with van der Waals surface area (Å²) in [6.07, 6.45) is 3.06. The van der Waals surface area contributed by atoms with Crippen LogP contribution >= 0.6 is 34.3 Å². The van der Waals surface area contributed by atoms with Gasteiger partial charge in [-0.05, 0) is 87.1 Å². The van der Waals surface area contributed by atoms with Crippen molar-refractivity contribution in [1.82, 2.24) is 45.1 Å². The highest BCUT2D eigenvalue weighted by molar-refractivity contribution is 7.15. The molecule has 0 aliphatic carbocycles. The summed E-state index contributed by atoms with van der Waals surface area (Å²) in [5.41, 5.74) is 11.4. The standard InChI is InChI=1S/C53H56ClN11O4S2/c1-28(2)48(52(69)63-26-42(66)20-44(63)51(68)57-30(4)34-11-13-36(14-12-34)49-31(5)55-27-70-49)64-23-38(22-56-64)37-9-8-10-41(19-37)62-24-40(25-62)58-45(67)21-43-50-61-60-33(7)65(50)53-46(29(3)32(6)71-53)47(59-43)35-15-17-39(54)18-16-35/h8-19,22-23,27-28,30,40,42-44,48,66H,20-21,24-26H2,1-7H3,(H,57,68)(H,58,67)/t30-,42+,43-,44-,48?/m0/s1. The van der Waals surface area contributed by atoms with Crippen LogP contribution in [-0.4, -0.2) is 101 Å². The molecule has 3 aliphatic heterocycles. The summed E-state index contributed by atoms with van der Waals surface area (Å²) in [6, 6.07) is 21.4. The Morgan fingerprint density at radius 1 is 0.901 bits per heavy atom. The summed E-state index contributed by atoms with van der Waals surface area (Å²) in [5, 5.41) is 32.5. The van der Waals surface area contributed by atoms with E-state index in [0.29, 0.717) is 23.9 Å². The fourth-order valence-electron chi connectivity index (χ4n) is 9.97. The van der Waals surface area contributed by atoms with Crippen molar-refractivity contribution in [2.45, 2.75) is 97.6 Å². The second-order valence-electron chi connectivity index (χ2n) is 19.2. The molecule has 71 heavy (non-hydrogen) atoms. The highest BCUT2D eigenvalue weighted by Gasteiger charge is 2.43. The van der Waals surface area contributed by atoms with E-state index in [1.807, 2.05) is 113 Å². The molecule has 3 N–H and O–H groups in total. The number of nitrogens with one attached hydrogen (secondary N) is 2. The van der Waals surface area contributed by atoms with Gasteiger partial charge in [0.2, 0.25) is 17.7 Å². The molecule has 3 amide bonds. The number of rotatable bonds is 13. The number of hydrogen-bond acceptors (Lipinski definition) is 12. The van der Waals surface area contributed by atoms with E-state index >= 15 is 0 Å². The highest BCUT2D eigenvalue weighted by atomic mass is 35.5. The number of aryl methyl sites for hydroxylation is 3. The SMILES string of the molecule is Cc1ncsc1-c1ccc([C@H](C)NC(=O)[C@@H]2C[C@@H](O)CN2C(=O)C(C(C)C)n2cc(-c3cccc(N4CC(NC(=O)C[C@@H]5N=C(c6ccc(Cl)cc6)c6c(sc(C)c6C)-n6c(C)nnc65)C4)c3)cn2)cc1. The second kappa shape index (κ2) is 19.6. The monoisotopic (exact) mass is 1010 g/mol. The van der Waals surface area contributed by atoms with Crippen LogP contribution in [0.3, 0.4) is 0 Å². The Balaban J connectivity index is 0.784. The molecule has 4 aromatic heterocycles. The quantitative estimate of drug-likeness (QED) is 0.102. The fraction of sp³-hybridized carbons (Fsp3) is 0.358. The fourth-order valence-corrected chi connectivity index (χ4v) is 12.1. The summed E-state index contributed by atoms with van der Waals surface area (Å²) in [7, 11) is 0. The van der Waals surface area contributed by atoms with E-state index in [4.69, 9.17) is 21.7 Å². The van der Waals surface area contributed by atoms with Crippen molar-refractivity contribution in [3.05, 3.63) is 140 Å². The number of aliphatic hydroxyl groups excluding tert-OH is 1. The minimum Gasteiger partial charge on any atom is -0.391 e. The Morgan fingerprint density at radius 3 is 2.37 bits per heavy atom. The van der Waals surface area contributed by atoms with Crippen molar-refractivity contribution >= 4 is 63.4 Å². The van der Waals surface area contributed by atoms with E-state index < -0.39 is 24.2 Å². The summed E-state index contributed by atoms with van der Waals surface area (Å²) < 4.78 is 3.73. The Kier molecular flexibility index (Phi) is 13.3. The molecule has 0 saturated carbocycles. The first-order chi connectivity index (χ1) is 34.1. The molecule has 366 valence electrons. The number of anilines is 1. The lowest BCUT2D eigenvalue weighted by atomic mass is 9.99. The number of carbonyl (C=O) groups excluding carboxylic acids is 3. The number of halogens is 1. The van der Waals surface area contributed by atoms with Gasteiger partial charge in [0.15, 0.2) is 5.82 Å². The van der Waals surface area contributed by atoms with Crippen LogP contribution in [0, 0.1) is 33.6 Å². The van der Waals surface area contributed by atoms with Gasteiger partial charge < -0.3 is 25.5 Å². The number of aliphatic hydroxyl groups is 1. The van der Waals surface area contributed by atoms with Gasteiger partial charge in [-0.15, -0.1) is 32.9 Å². The van der Waals surface area contributed by atoms with Crippen molar-refractivity contribution < 1.29 is 19.5 Å². The Hall–Kier alpha value is -6.53. The number of aromatic nitrogens is 6. The molecule has 1 unspecified atom stereocenters. The summed E-state index contributed by atoms with van der Waals surface area (Å²) in [5.74, 6) is 0.518. The first kappa shape index (κ1) is 48.1. The van der Waals surface area contributed by atoms with Crippen LogP contribution in [-0.2, 0) is 14.4 Å². The summed E-state index contributed by atoms with van der Waals surface area (Å²) in [4.78, 5) is 57.8. The molecule has 3 aliphatic rings. The Labute approximate surface area is 425 Å². The number of benzene rings is 3. The zero-order valence-corrected chi connectivity index (χ0v) is 43.0. The molecule has 5 atom stereocenters. The van der Waals surface area contributed by atoms with Crippen LogP contribution in [0.2, 0.25) is 5.02 Å². The van der Waals surface area contributed by atoms with E-state index in [0.717, 1.165) is 71.7 Å². The lowest BCUT2D eigenvalue weighted by Crippen LogP contribution is -2.59. The molecule has 2 fully saturated rings. The van der Waals surface area contributed by atoms with Gasteiger partial charge in [0.1, 0.15) is 29.0 Å². The highest BCUT2D eigenvalue weighted by Crippen LogP contribution is 2.40. The number of aliphatic imine (C=N–C) groups is 1. The normalized spacial score (nSPS) is 18.6. The number of fused-ring (bicyclic) bond motifs is 3. The van der Waals surface area contributed by atoms with Crippen molar-refractivity contribution in [1.29, 1.82) is 0 Å². The smallest absolute Gasteiger partial charge is 0.248 e. The topological polar surface area (TPSA) is 176 Å². The number of carbonyl (C=O) groups is 3. The largest absolute Gasteiger partial charge is 0.391 e. The van der Waals surface area contributed by atoms with Crippen LogP contribution in [0.15, 0.2) is 95.7 Å². The van der Waals surface area contributed by atoms with E-state index in [2.05, 4.69) is 55.2 Å². The Morgan fingerprint density at radius 2 is 1.65 bits per heavy atom. The first-order valence-corrected chi connectivity index (χ1v) is 26.0. The van der Waals surface area contributed by atoms with Gasteiger partial charge in [0.25, 0.3) is 0 Å². The Bertz CT molecular complexity index is 3170. The number of thiazole rings is 1. The minimum absolute atomic E-state index is 0.0584. The molecule has 0 bridgehead atoms. The van der Waals surface area contributed by atoms with Crippen molar-refractivity contribution in [2.24, 2.45) is 10.9 Å². The predicted molar refractivity (Wildman–Crippen MR) is 279 cm³/mol. The molecule has 15 nitrogen and oxygen atoms in total. The van der Waals surface area contributed by atoms with Crippen LogP contribution in [0.5, 0.6) is 0 Å². The van der Waals surface area contributed by atoms with Crippen molar-refractivity contribution in [3.8, 4) is 26.6 Å². The average Bonchev–Trinajstić information content (AvgIpc) is 4.18. The number of thiophene rings is 1. The summed E-state index contributed by atoms with van der Waals surface area (Å²) >= 11 is 9.56. The number of likely N-dealkylation sites (tertiary alicyclic amines) is 1. The van der Waals surface area contributed by atoms with Gasteiger partial charge in [-0.2, -0.15) is 5.10 Å². The molecule has 7 heterocycles. The maximum Gasteiger partial charge on any atom is 0.248 e. The van der Waals surface area contributed by atoms with E-state index in [-0.39, 0.29) is 55.1 Å². The number of nitrogens with zero attached hydrogens (tertiary/aromatic N) is 9. The molecule has 0 radical (unpaired) electrons. The first-order valence-electron chi connectivity index (χ1n) is 24.0. The molecule has 2 saturated heterocycles.